The molecule has 76 valence electrons. The number of rotatable bonds is 3. The first kappa shape index (κ1) is 10.1. The summed E-state index contributed by atoms with van der Waals surface area (Å²) in [5.74, 6) is 0.505. The molecule has 1 aliphatic rings. The third kappa shape index (κ3) is 2.35. The van der Waals surface area contributed by atoms with Gasteiger partial charge in [-0.15, -0.1) is 0 Å². The van der Waals surface area contributed by atoms with Gasteiger partial charge >= 0.3 is 0 Å². The van der Waals surface area contributed by atoms with Crippen LogP contribution in [0.15, 0.2) is 28.7 Å². The van der Waals surface area contributed by atoms with Crippen molar-refractivity contribution in [1.29, 1.82) is 0 Å². The highest BCUT2D eigenvalue weighted by Gasteiger charge is 2.25. The van der Waals surface area contributed by atoms with Crippen LogP contribution >= 0.6 is 15.9 Å². The molecule has 0 saturated carbocycles. The van der Waals surface area contributed by atoms with Gasteiger partial charge in [0.15, 0.2) is 0 Å². The number of aliphatic hydroxyl groups is 1. The molecule has 2 nitrogen and oxygen atoms in total. The predicted molar refractivity (Wildman–Crippen MR) is 60.0 cm³/mol. The molecular formula is C11H14BrNO. The molecule has 1 aromatic carbocycles. The maximum absolute atomic E-state index is 8.87. The van der Waals surface area contributed by atoms with E-state index in [9.17, 15) is 0 Å². The van der Waals surface area contributed by atoms with E-state index in [0.717, 1.165) is 24.1 Å². The van der Waals surface area contributed by atoms with Crippen molar-refractivity contribution in [2.75, 3.05) is 19.7 Å². The van der Waals surface area contributed by atoms with Crippen molar-refractivity contribution in [1.82, 2.24) is 4.90 Å². The summed E-state index contributed by atoms with van der Waals surface area (Å²) in [6, 6.07) is 8.41. The van der Waals surface area contributed by atoms with E-state index in [0.29, 0.717) is 12.5 Å². The van der Waals surface area contributed by atoms with Crippen LogP contribution in [-0.2, 0) is 6.54 Å². The Bertz CT molecular complexity index is 293. The molecule has 3 heteroatoms. The molecular weight excluding hydrogens is 242 g/mol. The monoisotopic (exact) mass is 255 g/mol. The van der Waals surface area contributed by atoms with Crippen molar-refractivity contribution in [3.05, 3.63) is 34.3 Å². The van der Waals surface area contributed by atoms with Crippen LogP contribution in [0.25, 0.3) is 0 Å². The van der Waals surface area contributed by atoms with Crippen LogP contribution in [-0.4, -0.2) is 29.7 Å². The summed E-state index contributed by atoms with van der Waals surface area (Å²) in [7, 11) is 0. The van der Waals surface area contributed by atoms with Crippen molar-refractivity contribution in [3.8, 4) is 0 Å². The molecule has 0 aromatic heterocycles. The highest BCUT2D eigenvalue weighted by atomic mass is 79.9. The molecule has 1 heterocycles. The number of hydrogen-bond donors (Lipinski definition) is 1. The fraction of sp³-hybridized carbons (Fsp3) is 0.455. The fourth-order valence-electron chi connectivity index (χ4n) is 1.77. The normalized spacial score (nSPS) is 18.1. The molecule has 0 spiro atoms. The third-order valence-corrected chi connectivity index (χ3v) is 3.14. The van der Waals surface area contributed by atoms with Crippen LogP contribution in [0, 0.1) is 5.92 Å². The second-order valence-corrected chi connectivity index (χ2v) is 4.78. The van der Waals surface area contributed by atoms with Crippen LogP contribution in [0.1, 0.15) is 5.56 Å². The average molecular weight is 256 g/mol. The van der Waals surface area contributed by atoms with E-state index in [1.165, 1.54) is 5.56 Å². The zero-order valence-electron chi connectivity index (χ0n) is 7.99. The topological polar surface area (TPSA) is 23.5 Å². The van der Waals surface area contributed by atoms with E-state index in [1.807, 2.05) is 0 Å². The quantitative estimate of drug-likeness (QED) is 0.892. The van der Waals surface area contributed by atoms with Gasteiger partial charge in [-0.2, -0.15) is 0 Å². The molecule has 2 rings (SSSR count). The van der Waals surface area contributed by atoms with Gasteiger partial charge < -0.3 is 5.11 Å². The molecule has 0 bridgehead atoms. The first-order valence-corrected chi connectivity index (χ1v) is 5.65. The first-order valence-electron chi connectivity index (χ1n) is 4.85. The van der Waals surface area contributed by atoms with Crippen molar-refractivity contribution in [2.45, 2.75) is 6.54 Å². The van der Waals surface area contributed by atoms with Crippen LogP contribution in [0.4, 0.5) is 0 Å². The smallest absolute Gasteiger partial charge is 0.0483 e. The van der Waals surface area contributed by atoms with Crippen molar-refractivity contribution < 1.29 is 5.11 Å². The van der Waals surface area contributed by atoms with E-state index in [1.54, 1.807) is 0 Å². The molecule has 0 amide bonds. The van der Waals surface area contributed by atoms with Crippen LogP contribution in [0.3, 0.4) is 0 Å². The van der Waals surface area contributed by atoms with E-state index in [4.69, 9.17) is 5.11 Å². The number of nitrogens with zero attached hydrogens (tertiary/aromatic N) is 1. The van der Waals surface area contributed by atoms with Crippen molar-refractivity contribution in [3.63, 3.8) is 0 Å². The number of hydrogen-bond acceptors (Lipinski definition) is 2. The van der Waals surface area contributed by atoms with Gasteiger partial charge in [-0.1, -0.05) is 28.1 Å². The Morgan fingerprint density at radius 1 is 1.29 bits per heavy atom. The second kappa shape index (κ2) is 4.43. The maximum atomic E-state index is 8.87. The van der Waals surface area contributed by atoms with Gasteiger partial charge in [0.05, 0.1) is 0 Å². The second-order valence-electron chi connectivity index (χ2n) is 3.87. The molecule has 1 fully saturated rings. The van der Waals surface area contributed by atoms with Crippen molar-refractivity contribution >= 4 is 15.9 Å². The molecule has 0 atom stereocenters. The Kier molecular flexibility index (Phi) is 3.21. The van der Waals surface area contributed by atoms with Gasteiger partial charge in [-0.3, -0.25) is 4.90 Å². The van der Waals surface area contributed by atoms with Gasteiger partial charge in [0.25, 0.3) is 0 Å². The number of benzene rings is 1. The Hall–Kier alpha value is -0.380. The van der Waals surface area contributed by atoms with Gasteiger partial charge in [0.1, 0.15) is 0 Å². The van der Waals surface area contributed by atoms with Crippen LogP contribution in [0.2, 0.25) is 0 Å². The number of aliphatic hydroxyl groups excluding tert-OH is 1. The van der Waals surface area contributed by atoms with Crippen molar-refractivity contribution in [2.24, 2.45) is 5.92 Å². The summed E-state index contributed by atoms with van der Waals surface area (Å²) >= 11 is 3.42. The first-order chi connectivity index (χ1) is 6.78. The molecule has 1 saturated heterocycles. The van der Waals surface area contributed by atoms with E-state index in [-0.39, 0.29) is 0 Å². The standard InChI is InChI=1S/C11H14BrNO/c12-11-3-1-9(2-4-11)5-13-6-10(7-13)8-14/h1-4,10,14H,5-8H2. The number of halogens is 1. The Morgan fingerprint density at radius 3 is 2.50 bits per heavy atom. The summed E-state index contributed by atoms with van der Waals surface area (Å²) in [5, 5.41) is 8.87. The molecule has 0 radical (unpaired) electrons. The third-order valence-electron chi connectivity index (χ3n) is 2.61. The Balaban J connectivity index is 1.84. The minimum absolute atomic E-state index is 0.330. The predicted octanol–water partition coefficient (Wildman–Crippen LogP) is 1.87. The molecule has 1 N–H and O–H groups in total. The van der Waals surface area contributed by atoms with Crippen LogP contribution in [0.5, 0.6) is 0 Å². The van der Waals surface area contributed by atoms with Gasteiger partial charge in [-0.25, -0.2) is 0 Å². The average Bonchev–Trinajstić information content (AvgIpc) is 2.13. The minimum Gasteiger partial charge on any atom is -0.396 e. The van der Waals surface area contributed by atoms with E-state index < -0.39 is 0 Å². The lowest BCUT2D eigenvalue weighted by molar-refractivity contribution is 0.0479. The van der Waals surface area contributed by atoms with E-state index >= 15 is 0 Å². The SMILES string of the molecule is OCC1CN(Cc2ccc(Br)cc2)C1. The molecule has 0 unspecified atom stereocenters. The zero-order valence-corrected chi connectivity index (χ0v) is 9.57. The van der Waals surface area contributed by atoms with Gasteiger partial charge in [0, 0.05) is 36.6 Å². The summed E-state index contributed by atoms with van der Waals surface area (Å²) in [6.07, 6.45) is 0. The maximum Gasteiger partial charge on any atom is 0.0483 e. The summed E-state index contributed by atoms with van der Waals surface area (Å²) in [5.41, 5.74) is 1.34. The lowest BCUT2D eigenvalue weighted by atomic mass is 10.0. The molecule has 14 heavy (non-hydrogen) atoms. The Labute approximate surface area is 92.7 Å². The summed E-state index contributed by atoms with van der Waals surface area (Å²) in [4.78, 5) is 2.35. The molecule has 1 aliphatic heterocycles. The largest absolute Gasteiger partial charge is 0.396 e. The molecule has 0 aliphatic carbocycles. The Morgan fingerprint density at radius 2 is 1.93 bits per heavy atom. The number of likely N-dealkylation sites (tertiary alicyclic amines) is 1. The fourth-order valence-corrected chi connectivity index (χ4v) is 2.03. The summed E-state index contributed by atoms with van der Waals surface area (Å²) in [6.45, 7) is 3.40. The molecule has 1 aromatic rings. The van der Waals surface area contributed by atoms with Gasteiger partial charge in [-0.05, 0) is 17.7 Å². The summed E-state index contributed by atoms with van der Waals surface area (Å²) < 4.78 is 1.12. The highest BCUT2D eigenvalue weighted by Crippen LogP contribution is 2.19. The highest BCUT2D eigenvalue weighted by molar-refractivity contribution is 9.10. The zero-order chi connectivity index (χ0) is 9.97. The lowest BCUT2D eigenvalue weighted by Gasteiger charge is -2.38. The van der Waals surface area contributed by atoms with Gasteiger partial charge in [0.2, 0.25) is 0 Å². The van der Waals surface area contributed by atoms with E-state index in [2.05, 4.69) is 45.1 Å². The minimum atomic E-state index is 0.330. The van der Waals surface area contributed by atoms with Crippen LogP contribution < -0.4 is 0 Å². The lowest BCUT2D eigenvalue weighted by Crippen LogP contribution is -2.47.